The van der Waals surface area contributed by atoms with Crippen LogP contribution < -0.4 is 10.6 Å². The zero-order chi connectivity index (χ0) is 28.2. The van der Waals surface area contributed by atoms with Crippen LogP contribution in [0.1, 0.15) is 43.4 Å². The number of benzene rings is 3. The molecule has 0 radical (unpaired) electrons. The van der Waals surface area contributed by atoms with Crippen molar-refractivity contribution in [2.24, 2.45) is 0 Å². The maximum Gasteiger partial charge on any atom is 0.416 e. The highest BCUT2D eigenvalue weighted by Gasteiger charge is 2.37. The molecular weight excluding hydrogens is 557 g/mol. The maximum absolute atomic E-state index is 14.1. The van der Waals surface area contributed by atoms with Crippen LogP contribution in [0.2, 0.25) is 5.02 Å². The lowest BCUT2D eigenvalue weighted by atomic mass is 9.94. The molecule has 39 heavy (non-hydrogen) atoms. The minimum absolute atomic E-state index is 0.000659. The smallest absolute Gasteiger partial charge is 0.341 e. The van der Waals surface area contributed by atoms with E-state index in [1.807, 2.05) is 0 Å². The van der Waals surface area contributed by atoms with Crippen LogP contribution in [0.15, 0.2) is 48.7 Å². The minimum Gasteiger partial charge on any atom is -0.341 e. The van der Waals surface area contributed by atoms with Crippen LogP contribution >= 0.6 is 11.6 Å². The van der Waals surface area contributed by atoms with Gasteiger partial charge in [-0.15, -0.1) is 0 Å². The minimum atomic E-state index is -4.95. The second-order valence-electron chi connectivity index (χ2n) is 8.62. The molecule has 0 saturated heterocycles. The predicted octanol–water partition coefficient (Wildman–Crippen LogP) is 6.34. The van der Waals surface area contributed by atoms with Crippen LogP contribution in [-0.2, 0) is 12.7 Å². The topological polar surface area (TPSA) is 76.0 Å². The molecule has 1 aromatic heterocycles. The predicted molar refractivity (Wildman–Crippen MR) is 126 cm³/mol. The number of nitrogens with one attached hydrogen (secondary N) is 2. The van der Waals surface area contributed by atoms with Crippen molar-refractivity contribution in [2.75, 3.05) is 5.32 Å². The average Bonchev–Trinajstić information content (AvgIpc) is 3.40. The Hall–Kier alpha value is -4.13. The molecular formula is C25H14ClF7N4O2. The number of rotatable bonds is 5. The van der Waals surface area contributed by atoms with Crippen molar-refractivity contribution in [2.45, 2.75) is 25.2 Å². The first-order valence-corrected chi connectivity index (χ1v) is 11.5. The Labute approximate surface area is 219 Å². The number of nitrogens with zero attached hydrogens (tertiary/aromatic N) is 2. The Bertz CT molecular complexity index is 1650. The second kappa shape index (κ2) is 9.56. The fourth-order valence-corrected chi connectivity index (χ4v) is 4.71. The van der Waals surface area contributed by atoms with E-state index in [1.165, 1.54) is 18.3 Å². The Morgan fingerprint density at radius 3 is 2.54 bits per heavy atom. The first kappa shape index (κ1) is 26.5. The first-order chi connectivity index (χ1) is 18.3. The van der Waals surface area contributed by atoms with Crippen LogP contribution in [0, 0.1) is 11.6 Å². The molecule has 2 heterocycles. The summed E-state index contributed by atoms with van der Waals surface area (Å²) < 4.78 is 94.9. The van der Waals surface area contributed by atoms with Gasteiger partial charge in [0.2, 0.25) is 0 Å². The number of carbonyl (C=O) groups excluding carboxylic acids is 2. The maximum atomic E-state index is 14.1. The van der Waals surface area contributed by atoms with Crippen LogP contribution in [0.5, 0.6) is 0 Å². The van der Waals surface area contributed by atoms with Gasteiger partial charge < -0.3 is 10.6 Å². The molecule has 5 rings (SSSR count). The van der Waals surface area contributed by atoms with Crippen LogP contribution in [0.25, 0.3) is 10.9 Å². The van der Waals surface area contributed by atoms with Gasteiger partial charge in [0.05, 0.1) is 28.9 Å². The number of alkyl halides is 5. The van der Waals surface area contributed by atoms with E-state index in [2.05, 4.69) is 15.7 Å². The number of halogens is 8. The lowest BCUT2D eigenvalue weighted by Crippen LogP contribution is -2.21. The van der Waals surface area contributed by atoms with Gasteiger partial charge in [0.1, 0.15) is 18.2 Å². The molecule has 0 spiro atoms. The summed E-state index contributed by atoms with van der Waals surface area (Å²) in [5.41, 5.74) is -2.27. The second-order valence-corrected chi connectivity index (χ2v) is 9.02. The van der Waals surface area contributed by atoms with E-state index in [4.69, 9.17) is 11.6 Å². The van der Waals surface area contributed by atoms with Gasteiger partial charge in [-0.05, 0) is 42.5 Å². The highest BCUT2D eigenvalue weighted by molar-refractivity contribution is 6.31. The highest BCUT2D eigenvalue weighted by Crippen LogP contribution is 2.43. The average molecular weight is 571 g/mol. The lowest BCUT2D eigenvalue weighted by Gasteiger charge is -2.19. The summed E-state index contributed by atoms with van der Waals surface area (Å²) in [5, 5.41) is 9.01. The molecule has 1 aliphatic rings. The van der Waals surface area contributed by atoms with Gasteiger partial charge in [0, 0.05) is 32.8 Å². The van der Waals surface area contributed by atoms with Crippen molar-refractivity contribution >= 4 is 40.0 Å². The van der Waals surface area contributed by atoms with E-state index < -0.39 is 59.8 Å². The van der Waals surface area contributed by atoms with Gasteiger partial charge in [-0.2, -0.15) is 18.3 Å². The van der Waals surface area contributed by atoms with Crippen molar-refractivity contribution in [3.05, 3.63) is 93.1 Å². The molecule has 2 N–H and O–H groups in total. The number of fused-ring (bicyclic) bond motifs is 3. The normalized spacial score (nSPS) is 15.1. The molecule has 0 saturated carbocycles. The molecule has 3 aromatic carbocycles. The molecule has 202 valence electrons. The van der Waals surface area contributed by atoms with Gasteiger partial charge in [0.15, 0.2) is 0 Å². The Morgan fingerprint density at radius 1 is 1.10 bits per heavy atom. The van der Waals surface area contributed by atoms with Crippen molar-refractivity contribution in [3.8, 4) is 0 Å². The summed E-state index contributed by atoms with van der Waals surface area (Å²) in [5.74, 6) is -3.94. The van der Waals surface area contributed by atoms with Gasteiger partial charge in [-0.25, -0.2) is 17.6 Å². The van der Waals surface area contributed by atoms with Crippen molar-refractivity contribution in [3.63, 3.8) is 0 Å². The van der Waals surface area contributed by atoms with Crippen molar-refractivity contribution in [1.29, 1.82) is 0 Å². The number of aromatic nitrogens is 2. The number of hydrogen-bond acceptors (Lipinski definition) is 3. The molecule has 0 aliphatic carbocycles. The van der Waals surface area contributed by atoms with E-state index in [0.29, 0.717) is 12.1 Å². The summed E-state index contributed by atoms with van der Waals surface area (Å²) in [6.07, 6.45) is -6.62. The third-order valence-corrected chi connectivity index (χ3v) is 6.44. The molecule has 0 unspecified atom stereocenters. The van der Waals surface area contributed by atoms with Gasteiger partial charge in [0.25, 0.3) is 18.2 Å². The van der Waals surface area contributed by atoms with E-state index in [1.54, 1.807) is 0 Å². The van der Waals surface area contributed by atoms with Crippen molar-refractivity contribution < 1.29 is 40.3 Å². The zero-order valence-corrected chi connectivity index (χ0v) is 20.0. The summed E-state index contributed by atoms with van der Waals surface area (Å²) >= 11 is 6.25. The molecule has 1 aliphatic heterocycles. The summed E-state index contributed by atoms with van der Waals surface area (Å²) in [6.45, 7) is -0.866. The van der Waals surface area contributed by atoms with E-state index in [9.17, 15) is 40.3 Å². The monoisotopic (exact) mass is 570 g/mol. The molecule has 1 atom stereocenters. The quantitative estimate of drug-likeness (QED) is 0.275. The van der Waals surface area contributed by atoms with Crippen LogP contribution in [-0.4, -0.2) is 28.0 Å². The lowest BCUT2D eigenvalue weighted by molar-refractivity contribution is -0.137. The fourth-order valence-electron chi connectivity index (χ4n) is 4.48. The van der Waals surface area contributed by atoms with Gasteiger partial charge in [-0.3, -0.25) is 14.3 Å². The first-order valence-electron chi connectivity index (χ1n) is 11.1. The van der Waals surface area contributed by atoms with E-state index >= 15 is 0 Å². The SMILES string of the molecule is O=C(Nc1cc2c(cnn2CC(F)F)c2c1[C@@H](c1cc(F)ccc1Cl)NC2=O)c1cc(F)cc(C(F)(F)F)c1. The highest BCUT2D eigenvalue weighted by atomic mass is 35.5. The Morgan fingerprint density at radius 2 is 1.85 bits per heavy atom. The van der Waals surface area contributed by atoms with Gasteiger partial charge >= 0.3 is 6.18 Å². The van der Waals surface area contributed by atoms with Crippen molar-refractivity contribution in [1.82, 2.24) is 15.1 Å². The Kier molecular flexibility index (Phi) is 6.49. The van der Waals surface area contributed by atoms with Crippen LogP contribution in [0.4, 0.5) is 36.4 Å². The zero-order valence-electron chi connectivity index (χ0n) is 19.2. The molecule has 2 amide bonds. The largest absolute Gasteiger partial charge is 0.416 e. The number of anilines is 1. The summed E-state index contributed by atoms with van der Waals surface area (Å²) in [4.78, 5) is 26.1. The molecule has 0 bridgehead atoms. The van der Waals surface area contributed by atoms with Gasteiger partial charge in [-0.1, -0.05) is 11.6 Å². The summed E-state index contributed by atoms with van der Waals surface area (Å²) in [6, 6.07) is 4.63. The van der Waals surface area contributed by atoms with E-state index in [0.717, 1.165) is 16.8 Å². The third-order valence-electron chi connectivity index (χ3n) is 6.10. The number of amides is 2. The molecule has 14 heteroatoms. The summed E-state index contributed by atoms with van der Waals surface area (Å²) in [7, 11) is 0. The Balaban J connectivity index is 1.70. The van der Waals surface area contributed by atoms with Crippen LogP contribution in [0.3, 0.4) is 0 Å². The number of carbonyl (C=O) groups is 2. The number of hydrogen-bond donors (Lipinski definition) is 2. The molecule has 0 fully saturated rings. The molecule has 6 nitrogen and oxygen atoms in total. The molecule has 4 aromatic rings. The van der Waals surface area contributed by atoms with E-state index in [-0.39, 0.29) is 44.4 Å². The third kappa shape index (κ3) is 4.89. The fraction of sp³-hybridized carbons (Fsp3) is 0.160. The standard InChI is InChI=1S/C25H14ClF7N4O2/c26-16-2-1-12(27)6-14(16)22-21-17(35-23(38)10-3-11(25(31,32)33)5-13(28)4-10)7-18-15(20(21)24(39)36-22)8-34-37(18)9-19(29)30/h1-8,19,22H,9H2,(H,35,38)(H,36,39)/t22-/m1/s1.